The zero-order valence-corrected chi connectivity index (χ0v) is 19.9. The van der Waals surface area contributed by atoms with Crippen molar-refractivity contribution in [3.05, 3.63) is 70.9 Å². The summed E-state index contributed by atoms with van der Waals surface area (Å²) in [6, 6.07) is 9.32. The first-order valence-corrected chi connectivity index (χ1v) is 11.8. The molecule has 1 saturated heterocycles. The summed E-state index contributed by atoms with van der Waals surface area (Å²) in [5.74, 6) is -3.32. The number of carbonyl (C=O) groups is 2. The fourth-order valence-corrected chi connectivity index (χ4v) is 4.34. The minimum atomic E-state index is -5.22. The highest BCUT2D eigenvalue weighted by atomic mass is 19.4. The van der Waals surface area contributed by atoms with Crippen LogP contribution in [-0.4, -0.2) is 60.6 Å². The SMILES string of the molecule is O=C1NCCc2c1cc(-c1ccnc(C=Cc3ccc(N4CCOCC4)cc3F)c1)n2OC(=O)C(F)(F)F. The molecule has 5 rings (SSSR count). The summed E-state index contributed by atoms with van der Waals surface area (Å²) in [5.41, 5.74) is 2.13. The topological polar surface area (TPSA) is 85.7 Å². The number of hydrogen-bond acceptors (Lipinski definition) is 6. The van der Waals surface area contributed by atoms with E-state index in [-0.39, 0.29) is 29.9 Å². The van der Waals surface area contributed by atoms with Crippen molar-refractivity contribution >= 4 is 29.7 Å². The van der Waals surface area contributed by atoms with E-state index in [0.29, 0.717) is 43.1 Å². The van der Waals surface area contributed by atoms with Crippen molar-refractivity contribution in [2.45, 2.75) is 12.6 Å². The lowest BCUT2D eigenvalue weighted by Crippen LogP contribution is -2.37. The number of halogens is 4. The Balaban J connectivity index is 1.44. The Morgan fingerprint density at radius 1 is 1.11 bits per heavy atom. The van der Waals surface area contributed by atoms with Gasteiger partial charge in [-0.15, -0.1) is 0 Å². The summed E-state index contributed by atoms with van der Waals surface area (Å²) in [4.78, 5) is 34.8. The summed E-state index contributed by atoms with van der Waals surface area (Å²) in [6.45, 7) is 2.70. The van der Waals surface area contributed by atoms with Gasteiger partial charge in [0.15, 0.2) is 0 Å². The number of rotatable bonds is 5. The smallest absolute Gasteiger partial charge is 0.378 e. The second kappa shape index (κ2) is 10.3. The molecular formula is C26H22F4N4O4. The number of morpholine rings is 1. The lowest BCUT2D eigenvalue weighted by atomic mass is 10.1. The molecule has 8 nitrogen and oxygen atoms in total. The van der Waals surface area contributed by atoms with E-state index < -0.39 is 23.9 Å². The van der Waals surface area contributed by atoms with Crippen LogP contribution in [0.25, 0.3) is 23.4 Å². The van der Waals surface area contributed by atoms with Gasteiger partial charge < -0.3 is 19.8 Å². The molecule has 2 aromatic heterocycles. The zero-order chi connectivity index (χ0) is 26.9. The molecule has 0 unspecified atom stereocenters. The van der Waals surface area contributed by atoms with E-state index in [9.17, 15) is 27.2 Å². The summed E-state index contributed by atoms with van der Waals surface area (Å²) < 4.78 is 59.7. The van der Waals surface area contributed by atoms with Crippen LogP contribution in [0.1, 0.15) is 27.3 Å². The van der Waals surface area contributed by atoms with Crippen LogP contribution in [0.3, 0.4) is 0 Å². The summed E-state index contributed by atoms with van der Waals surface area (Å²) in [5, 5.41) is 2.61. The molecule has 0 aliphatic carbocycles. The molecule has 198 valence electrons. The first kappa shape index (κ1) is 25.5. The highest BCUT2D eigenvalue weighted by Gasteiger charge is 2.43. The third kappa shape index (κ3) is 5.25. The molecule has 0 bridgehead atoms. The van der Waals surface area contributed by atoms with Crippen LogP contribution in [0.4, 0.5) is 23.2 Å². The highest BCUT2D eigenvalue weighted by Crippen LogP contribution is 2.29. The molecule has 38 heavy (non-hydrogen) atoms. The van der Waals surface area contributed by atoms with Crippen molar-refractivity contribution < 1.29 is 36.7 Å². The molecule has 3 aromatic rings. The zero-order valence-electron chi connectivity index (χ0n) is 19.9. The molecule has 1 aromatic carbocycles. The maximum atomic E-state index is 14.8. The number of fused-ring (bicyclic) bond motifs is 1. The van der Waals surface area contributed by atoms with Gasteiger partial charge in [0, 0.05) is 49.1 Å². The minimum Gasteiger partial charge on any atom is -0.378 e. The first-order chi connectivity index (χ1) is 18.2. The van der Waals surface area contributed by atoms with E-state index >= 15 is 0 Å². The number of nitrogens with zero attached hydrogens (tertiary/aromatic N) is 3. The maximum absolute atomic E-state index is 14.8. The number of amides is 1. The predicted octanol–water partition coefficient (Wildman–Crippen LogP) is 3.50. The number of benzene rings is 1. The second-order valence-electron chi connectivity index (χ2n) is 8.67. The quantitative estimate of drug-likeness (QED) is 0.509. The molecule has 2 aliphatic rings. The van der Waals surface area contributed by atoms with Crippen LogP contribution in [0.15, 0.2) is 42.6 Å². The van der Waals surface area contributed by atoms with Gasteiger partial charge in [-0.25, -0.2) is 9.18 Å². The average Bonchev–Trinajstić information content (AvgIpc) is 3.27. The van der Waals surface area contributed by atoms with Crippen molar-refractivity contribution in [1.29, 1.82) is 0 Å². The van der Waals surface area contributed by atoms with Crippen LogP contribution >= 0.6 is 0 Å². The molecule has 12 heteroatoms. The Kier molecular flexibility index (Phi) is 6.89. The van der Waals surface area contributed by atoms with Gasteiger partial charge in [-0.3, -0.25) is 9.78 Å². The number of aromatic nitrogens is 2. The van der Waals surface area contributed by atoms with Crippen LogP contribution < -0.4 is 15.1 Å². The predicted molar refractivity (Wildman–Crippen MR) is 130 cm³/mol. The van der Waals surface area contributed by atoms with E-state index in [1.54, 1.807) is 12.1 Å². The first-order valence-electron chi connectivity index (χ1n) is 11.8. The van der Waals surface area contributed by atoms with Gasteiger partial charge in [0.2, 0.25) is 0 Å². The Morgan fingerprint density at radius 3 is 2.63 bits per heavy atom. The van der Waals surface area contributed by atoms with E-state index in [1.165, 1.54) is 36.5 Å². The monoisotopic (exact) mass is 530 g/mol. The molecule has 1 N–H and O–H groups in total. The van der Waals surface area contributed by atoms with Gasteiger partial charge in [-0.2, -0.15) is 17.9 Å². The van der Waals surface area contributed by atoms with Crippen LogP contribution in [0.5, 0.6) is 0 Å². The number of hydrogen-bond donors (Lipinski definition) is 1. The van der Waals surface area contributed by atoms with Gasteiger partial charge in [-0.1, -0.05) is 0 Å². The molecule has 0 spiro atoms. The van der Waals surface area contributed by atoms with Gasteiger partial charge in [0.25, 0.3) is 5.91 Å². The lowest BCUT2D eigenvalue weighted by molar-refractivity contribution is -0.199. The molecule has 2 aliphatic heterocycles. The number of anilines is 1. The van der Waals surface area contributed by atoms with Crippen molar-refractivity contribution in [1.82, 2.24) is 15.0 Å². The average molecular weight is 530 g/mol. The summed E-state index contributed by atoms with van der Waals surface area (Å²) >= 11 is 0. The van der Waals surface area contributed by atoms with E-state index in [1.807, 2.05) is 11.0 Å². The fraction of sp³-hybridized carbons (Fsp3) is 0.269. The summed E-state index contributed by atoms with van der Waals surface area (Å²) in [6.07, 6.45) is -0.554. The number of nitrogens with one attached hydrogen (secondary N) is 1. The van der Waals surface area contributed by atoms with Gasteiger partial charge in [0.1, 0.15) is 5.82 Å². The normalized spacial score (nSPS) is 15.9. The Hall–Kier alpha value is -4.19. The molecule has 0 saturated carbocycles. The number of carbonyl (C=O) groups excluding carboxylic acids is 2. The molecular weight excluding hydrogens is 508 g/mol. The highest BCUT2D eigenvalue weighted by molar-refractivity contribution is 5.98. The molecule has 0 radical (unpaired) electrons. The van der Waals surface area contributed by atoms with Gasteiger partial charge >= 0.3 is 12.1 Å². The Labute approximate surface area is 214 Å². The lowest BCUT2D eigenvalue weighted by Gasteiger charge is -2.28. The third-order valence-corrected chi connectivity index (χ3v) is 6.22. The van der Waals surface area contributed by atoms with Gasteiger partial charge in [0.05, 0.1) is 35.9 Å². The number of pyridine rings is 1. The second-order valence-corrected chi connectivity index (χ2v) is 8.67. The van der Waals surface area contributed by atoms with E-state index in [2.05, 4.69) is 15.1 Å². The fourth-order valence-electron chi connectivity index (χ4n) is 4.34. The largest absolute Gasteiger partial charge is 0.493 e. The summed E-state index contributed by atoms with van der Waals surface area (Å²) in [7, 11) is 0. The van der Waals surface area contributed by atoms with Crippen molar-refractivity contribution in [3.8, 4) is 11.3 Å². The Bertz CT molecular complexity index is 1410. The van der Waals surface area contributed by atoms with E-state index in [4.69, 9.17) is 4.74 Å². The minimum absolute atomic E-state index is 0.0720. The third-order valence-electron chi connectivity index (χ3n) is 6.22. The van der Waals surface area contributed by atoms with E-state index in [0.717, 1.165) is 10.4 Å². The van der Waals surface area contributed by atoms with Crippen LogP contribution in [0, 0.1) is 5.82 Å². The van der Waals surface area contributed by atoms with Gasteiger partial charge in [-0.05, 0) is 48.6 Å². The molecule has 1 fully saturated rings. The van der Waals surface area contributed by atoms with Crippen molar-refractivity contribution in [2.24, 2.45) is 0 Å². The number of alkyl halides is 3. The van der Waals surface area contributed by atoms with Crippen LogP contribution in [0.2, 0.25) is 0 Å². The van der Waals surface area contributed by atoms with Crippen molar-refractivity contribution in [3.63, 3.8) is 0 Å². The standard InChI is InChI=1S/C26H22F4N4O4/c27-21-14-19(33-9-11-37-12-10-33)4-2-16(21)1-3-18-13-17(5-7-31-18)23-15-20-22(6-8-32-24(20)35)34(23)38-25(36)26(28,29)30/h1-5,7,13-15H,6,8-12H2,(H,32,35). The van der Waals surface area contributed by atoms with Crippen molar-refractivity contribution in [2.75, 3.05) is 37.7 Å². The number of ether oxygens (including phenoxy) is 1. The van der Waals surface area contributed by atoms with Crippen LogP contribution in [-0.2, 0) is 16.0 Å². The maximum Gasteiger partial charge on any atom is 0.493 e. The Morgan fingerprint density at radius 2 is 1.89 bits per heavy atom. The molecule has 0 atom stereocenters. The molecule has 4 heterocycles. The molecule has 1 amide bonds.